The lowest BCUT2D eigenvalue weighted by molar-refractivity contribution is 0.403. The molecule has 0 radical (unpaired) electrons. The summed E-state index contributed by atoms with van der Waals surface area (Å²) in [6.45, 7) is 36.1. The third-order valence-electron chi connectivity index (χ3n) is 19.0. The van der Waals surface area contributed by atoms with Crippen LogP contribution < -0.4 is 31.1 Å². The summed E-state index contributed by atoms with van der Waals surface area (Å²) in [5.41, 5.74) is 29.2. The van der Waals surface area contributed by atoms with E-state index in [1.165, 1.54) is 112 Å². The summed E-state index contributed by atoms with van der Waals surface area (Å²) in [5, 5.41) is 0. The standard InChI is InChI=1S/C77H80BN3/c1-49-31-32-51(50-25-19-16-20-26-50)40-66(49)81-67-42-54(73(5,6)7)34-37-63(67)78-64-45-61-62(77(14,15)48-76(61,12)13)46-68(64)80(69-43-57(44-70(81)71(69)78)79(55-27-21-17-22-28-55)56-29-23-18-24-30-56)65-38-35-53(72(2,3)4)41-58(65)52-33-36-59-60(39-52)75(10,11)47-74(59,8)9/h16-46H,47-48H2,1-15H3. The Hall–Kier alpha value is -7.56. The fraction of sp³-hybridized carbons (Fsp3) is 0.299. The molecule has 2 aliphatic heterocycles. The largest absolute Gasteiger partial charge is 0.311 e. The van der Waals surface area contributed by atoms with Gasteiger partial charge in [0.25, 0.3) is 6.71 Å². The minimum absolute atomic E-state index is 0.0172. The average Bonchev–Trinajstić information content (AvgIpc) is 2.45. The minimum atomic E-state index is -0.0951. The molecule has 9 aromatic rings. The number of nitrogens with zero attached hydrogens (tertiary/aromatic N) is 3. The van der Waals surface area contributed by atoms with Gasteiger partial charge in [0.15, 0.2) is 0 Å². The van der Waals surface area contributed by atoms with Crippen molar-refractivity contribution in [2.45, 2.75) is 149 Å². The van der Waals surface area contributed by atoms with Gasteiger partial charge >= 0.3 is 0 Å². The normalized spacial score (nSPS) is 16.8. The highest BCUT2D eigenvalue weighted by atomic mass is 15.2. The Balaban J connectivity index is 1.20. The molecule has 2 heterocycles. The van der Waals surface area contributed by atoms with E-state index in [1.807, 2.05) is 0 Å². The van der Waals surface area contributed by atoms with E-state index in [4.69, 9.17) is 0 Å². The predicted octanol–water partition coefficient (Wildman–Crippen LogP) is 19.4. The highest BCUT2D eigenvalue weighted by Gasteiger charge is 2.49. The van der Waals surface area contributed by atoms with Crippen molar-refractivity contribution in [3.05, 3.63) is 227 Å². The monoisotopic (exact) mass is 1060 g/mol. The Morgan fingerprint density at radius 1 is 0.370 bits per heavy atom. The number of benzene rings is 9. The van der Waals surface area contributed by atoms with Crippen molar-refractivity contribution < 1.29 is 0 Å². The molecule has 0 atom stereocenters. The molecule has 13 rings (SSSR count). The second kappa shape index (κ2) is 18.2. The lowest BCUT2D eigenvalue weighted by Crippen LogP contribution is -2.61. The molecule has 3 nitrogen and oxygen atoms in total. The summed E-state index contributed by atoms with van der Waals surface area (Å²) < 4.78 is 0. The number of hydrogen-bond donors (Lipinski definition) is 0. The Labute approximate surface area is 484 Å². The van der Waals surface area contributed by atoms with Crippen LogP contribution in [0.5, 0.6) is 0 Å². The number of aryl methyl sites for hydroxylation is 1. The lowest BCUT2D eigenvalue weighted by atomic mass is 9.33. The van der Waals surface area contributed by atoms with Gasteiger partial charge in [-0.15, -0.1) is 0 Å². The van der Waals surface area contributed by atoms with Crippen molar-refractivity contribution in [3.63, 3.8) is 0 Å². The van der Waals surface area contributed by atoms with Crippen LogP contribution in [0.4, 0.5) is 51.2 Å². The zero-order chi connectivity index (χ0) is 56.9. The first kappa shape index (κ1) is 52.8. The van der Waals surface area contributed by atoms with E-state index in [-0.39, 0.29) is 39.2 Å². The number of fused-ring (bicyclic) bond motifs is 6. The van der Waals surface area contributed by atoms with Gasteiger partial charge in [-0.2, -0.15) is 0 Å². The maximum Gasteiger partial charge on any atom is 0.252 e. The molecular formula is C77H80BN3. The number of rotatable bonds is 7. The third-order valence-corrected chi connectivity index (χ3v) is 19.0. The van der Waals surface area contributed by atoms with E-state index in [0.29, 0.717) is 0 Å². The minimum Gasteiger partial charge on any atom is -0.311 e. The molecule has 0 fully saturated rings. The number of hydrogen-bond acceptors (Lipinski definition) is 3. The van der Waals surface area contributed by atoms with E-state index < -0.39 is 0 Å². The summed E-state index contributed by atoms with van der Waals surface area (Å²) in [5.74, 6) is 0. The lowest BCUT2D eigenvalue weighted by Gasteiger charge is -2.46. The zero-order valence-electron chi connectivity index (χ0n) is 50.7. The highest BCUT2D eigenvalue weighted by Crippen LogP contribution is 2.56. The molecule has 2 aliphatic carbocycles. The first-order chi connectivity index (χ1) is 38.3. The van der Waals surface area contributed by atoms with Crippen LogP contribution in [-0.2, 0) is 32.5 Å². The van der Waals surface area contributed by atoms with Crippen LogP contribution in [0.1, 0.15) is 149 Å². The van der Waals surface area contributed by atoms with Crippen molar-refractivity contribution in [1.82, 2.24) is 0 Å². The highest BCUT2D eigenvalue weighted by molar-refractivity contribution is 7.00. The molecule has 0 spiro atoms. The van der Waals surface area contributed by atoms with Crippen molar-refractivity contribution in [1.29, 1.82) is 0 Å². The van der Waals surface area contributed by atoms with Crippen molar-refractivity contribution >= 4 is 74.3 Å². The molecule has 0 saturated carbocycles. The van der Waals surface area contributed by atoms with Gasteiger partial charge in [-0.05, 0) is 191 Å². The summed E-state index contributed by atoms with van der Waals surface area (Å²) in [6.07, 6.45) is 2.20. The summed E-state index contributed by atoms with van der Waals surface area (Å²) in [4.78, 5) is 7.87. The van der Waals surface area contributed by atoms with Gasteiger partial charge in [0.1, 0.15) is 0 Å². The first-order valence-electron chi connectivity index (χ1n) is 29.8. The fourth-order valence-electron chi connectivity index (χ4n) is 15.4. The smallest absolute Gasteiger partial charge is 0.252 e. The topological polar surface area (TPSA) is 9.72 Å². The van der Waals surface area contributed by atoms with Crippen LogP contribution in [0.15, 0.2) is 188 Å². The van der Waals surface area contributed by atoms with Gasteiger partial charge in [-0.1, -0.05) is 218 Å². The average molecular weight is 1060 g/mol. The predicted molar refractivity (Wildman–Crippen MR) is 349 cm³/mol. The quantitative estimate of drug-likeness (QED) is 0.147. The van der Waals surface area contributed by atoms with Gasteiger partial charge in [0.2, 0.25) is 0 Å². The van der Waals surface area contributed by atoms with Crippen LogP contribution >= 0.6 is 0 Å². The Kier molecular flexibility index (Phi) is 11.9. The molecule has 81 heavy (non-hydrogen) atoms. The van der Waals surface area contributed by atoms with Crippen LogP contribution in [0, 0.1) is 6.92 Å². The molecule has 0 N–H and O–H groups in total. The molecule has 4 heteroatoms. The summed E-state index contributed by atoms with van der Waals surface area (Å²) in [6, 6.07) is 72.8. The van der Waals surface area contributed by atoms with Crippen molar-refractivity contribution in [2.24, 2.45) is 0 Å². The van der Waals surface area contributed by atoms with E-state index in [1.54, 1.807) is 0 Å². The second-order valence-corrected chi connectivity index (χ2v) is 29.0. The summed E-state index contributed by atoms with van der Waals surface area (Å²) in [7, 11) is 0. The molecule has 0 aromatic heterocycles. The van der Waals surface area contributed by atoms with E-state index in [9.17, 15) is 0 Å². The maximum absolute atomic E-state index is 2.73. The third kappa shape index (κ3) is 8.60. The van der Waals surface area contributed by atoms with Crippen molar-refractivity contribution in [2.75, 3.05) is 14.7 Å². The molecule has 0 amide bonds. The SMILES string of the molecule is Cc1ccc(-c2ccccc2)cc1N1c2cc(C(C)(C)C)ccc2B2c3cc4c(cc3N(c3ccc(C(C)(C)C)cc3-c3ccc5c(c3)C(C)(C)CC5(C)C)c3cc(N(c5ccccc5)c5ccccc5)cc1c32)C(C)(C)CC4(C)C. The van der Waals surface area contributed by atoms with Gasteiger partial charge < -0.3 is 14.7 Å². The van der Waals surface area contributed by atoms with Gasteiger partial charge in [0.05, 0.1) is 11.4 Å². The molecule has 4 aliphatic rings. The van der Waals surface area contributed by atoms with Gasteiger partial charge in [0, 0.05) is 45.4 Å². The maximum atomic E-state index is 2.73. The Morgan fingerprint density at radius 3 is 1.46 bits per heavy atom. The Morgan fingerprint density at radius 2 is 0.864 bits per heavy atom. The molecule has 0 unspecified atom stereocenters. The van der Waals surface area contributed by atoms with Crippen LogP contribution in [0.25, 0.3) is 22.3 Å². The first-order valence-corrected chi connectivity index (χ1v) is 29.8. The van der Waals surface area contributed by atoms with Crippen LogP contribution in [0.3, 0.4) is 0 Å². The van der Waals surface area contributed by atoms with Crippen molar-refractivity contribution in [3.8, 4) is 22.3 Å². The van der Waals surface area contributed by atoms with Crippen LogP contribution in [-0.4, -0.2) is 6.71 Å². The molecule has 9 aromatic carbocycles. The summed E-state index contributed by atoms with van der Waals surface area (Å²) >= 11 is 0. The number of para-hydroxylation sites is 2. The van der Waals surface area contributed by atoms with E-state index in [0.717, 1.165) is 29.9 Å². The molecular weight excluding hydrogens is 978 g/mol. The van der Waals surface area contributed by atoms with Crippen LogP contribution in [0.2, 0.25) is 0 Å². The molecule has 0 saturated heterocycles. The van der Waals surface area contributed by atoms with E-state index in [2.05, 4.69) is 307 Å². The Bertz CT molecular complexity index is 3940. The fourth-order valence-corrected chi connectivity index (χ4v) is 15.4. The zero-order valence-corrected chi connectivity index (χ0v) is 50.7. The molecule has 406 valence electrons. The number of anilines is 9. The van der Waals surface area contributed by atoms with E-state index >= 15 is 0 Å². The van der Waals surface area contributed by atoms with Gasteiger partial charge in [-0.3, -0.25) is 0 Å². The van der Waals surface area contributed by atoms with Gasteiger partial charge in [-0.25, -0.2) is 0 Å². The molecule has 0 bridgehead atoms. The second-order valence-electron chi connectivity index (χ2n) is 29.0.